The monoisotopic (exact) mass is 384 g/mol. The van der Waals surface area contributed by atoms with E-state index in [1.165, 1.54) is 5.56 Å². The lowest BCUT2D eigenvalue weighted by atomic mass is 9.64. The Bertz CT molecular complexity index is 1130. The number of pyridine rings is 1. The van der Waals surface area contributed by atoms with Crippen molar-refractivity contribution in [2.45, 2.75) is 31.6 Å². The number of anilines is 1. The smallest absolute Gasteiger partial charge is 0.257 e. The molecule has 7 heteroatoms. The third kappa shape index (κ3) is 3.04. The maximum atomic E-state index is 5.59. The molecule has 1 saturated carbocycles. The highest BCUT2D eigenvalue weighted by Gasteiger charge is 2.44. The number of hydrogen-bond acceptors (Lipinski definition) is 7. The number of hydrogen-bond donors (Lipinski definition) is 1. The van der Waals surface area contributed by atoms with Crippen molar-refractivity contribution in [3.63, 3.8) is 0 Å². The molecule has 29 heavy (non-hydrogen) atoms. The van der Waals surface area contributed by atoms with Gasteiger partial charge in [-0.1, -0.05) is 35.3 Å². The van der Waals surface area contributed by atoms with Crippen LogP contribution in [0.15, 0.2) is 59.5 Å². The van der Waals surface area contributed by atoms with Crippen LogP contribution in [0, 0.1) is 6.92 Å². The lowest BCUT2D eigenvalue weighted by Gasteiger charge is -2.39. The predicted molar refractivity (Wildman–Crippen MR) is 109 cm³/mol. The van der Waals surface area contributed by atoms with E-state index in [-0.39, 0.29) is 11.4 Å². The number of nitrogen functional groups attached to an aromatic ring is 1. The van der Waals surface area contributed by atoms with Gasteiger partial charge in [-0.15, -0.1) is 0 Å². The van der Waals surface area contributed by atoms with Gasteiger partial charge in [0, 0.05) is 29.7 Å². The Morgan fingerprint density at radius 2 is 1.66 bits per heavy atom. The largest absolute Gasteiger partial charge is 0.368 e. The second-order valence-electron chi connectivity index (χ2n) is 7.49. The molecule has 1 fully saturated rings. The first kappa shape index (κ1) is 17.5. The summed E-state index contributed by atoms with van der Waals surface area (Å²) in [5, 5.41) is 4.33. The lowest BCUT2D eigenvalue weighted by molar-refractivity contribution is 0.272. The van der Waals surface area contributed by atoms with Gasteiger partial charge in [0.15, 0.2) is 5.82 Å². The maximum absolute atomic E-state index is 5.59. The molecule has 1 aromatic carbocycles. The highest BCUT2D eigenvalue weighted by Crippen LogP contribution is 2.48. The third-order valence-corrected chi connectivity index (χ3v) is 5.64. The molecule has 0 radical (unpaired) electrons. The molecule has 2 N–H and O–H groups in total. The molecule has 1 aliphatic rings. The molecule has 1 aliphatic carbocycles. The van der Waals surface area contributed by atoms with Gasteiger partial charge in [-0.2, -0.15) is 4.98 Å². The van der Waals surface area contributed by atoms with Gasteiger partial charge in [-0.3, -0.25) is 4.98 Å². The Morgan fingerprint density at radius 1 is 0.897 bits per heavy atom. The van der Waals surface area contributed by atoms with E-state index in [1.807, 2.05) is 36.5 Å². The van der Waals surface area contributed by atoms with Gasteiger partial charge in [0.1, 0.15) is 0 Å². The summed E-state index contributed by atoms with van der Waals surface area (Å²) in [7, 11) is 0. The Morgan fingerprint density at radius 3 is 2.28 bits per heavy atom. The Kier molecular flexibility index (Phi) is 4.08. The van der Waals surface area contributed by atoms with Gasteiger partial charge in [-0.05, 0) is 43.5 Å². The van der Waals surface area contributed by atoms with Crippen molar-refractivity contribution in [1.82, 2.24) is 25.1 Å². The van der Waals surface area contributed by atoms with Crippen LogP contribution in [0.1, 0.15) is 36.2 Å². The van der Waals surface area contributed by atoms with Gasteiger partial charge >= 0.3 is 0 Å². The number of aryl methyl sites for hydroxylation is 1. The van der Waals surface area contributed by atoms with Crippen molar-refractivity contribution < 1.29 is 4.52 Å². The van der Waals surface area contributed by atoms with Gasteiger partial charge in [0.2, 0.25) is 5.95 Å². The van der Waals surface area contributed by atoms with Crippen LogP contribution in [0.2, 0.25) is 0 Å². The van der Waals surface area contributed by atoms with Crippen LogP contribution < -0.4 is 5.73 Å². The molecular weight excluding hydrogens is 364 g/mol. The molecule has 0 aliphatic heterocycles. The summed E-state index contributed by atoms with van der Waals surface area (Å²) in [6, 6.07) is 12.2. The van der Waals surface area contributed by atoms with Crippen molar-refractivity contribution in [1.29, 1.82) is 0 Å². The van der Waals surface area contributed by atoms with Gasteiger partial charge in [0.25, 0.3) is 5.89 Å². The van der Waals surface area contributed by atoms with E-state index in [0.717, 1.165) is 47.5 Å². The SMILES string of the molecule is Cc1ccc(-c2nc(C3(c4ccc(-c5cnc(N)nc5)nc4)CCC3)no2)cc1. The van der Waals surface area contributed by atoms with Crippen molar-refractivity contribution >= 4 is 5.95 Å². The molecule has 5 rings (SSSR count). The maximum Gasteiger partial charge on any atom is 0.257 e. The van der Waals surface area contributed by atoms with E-state index in [9.17, 15) is 0 Å². The molecule has 0 bridgehead atoms. The first-order chi connectivity index (χ1) is 14.1. The van der Waals surface area contributed by atoms with Crippen LogP contribution in [0.4, 0.5) is 5.95 Å². The molecule has 3 heterocycles. The Labute approximate surface area is 168 Å². The summed E-state index contributed by atoms with van der Waals surface area (Å²) in [4.78, 5) is 17.4. The zero-order valence-electron chi connectivity index (χ0n) is 16.0. The summed E-state index contributed by atoms with van der Waals surface area (Å²) in [6.07, 6.45) is 8.33. The third-order valence-electron chi connectivity index (χ3n) is 5.64. The normalized spacial score (nSPS) is 15.1. The van der Waals surface area contributed by atoms with Crippen LogP contribution in [0.3, 0.4) is 0 Å². The summed E-state index contributed by atoms with van der Waals surface area (Å²) in [6.45, 7) is 2.06. The van der Waals surface area contributed by atoms with Crippen LogP contribution >= 0.6 is 0 Å². The van der Waals surface area contributed by atoms with Crippen LogP contribution in [-0.4, -0.2) is 25.1 Å². The van der Waals surface area contributed by atoms with Gasteiger partial charge < -0.3 is 10.3 Å². The van der Waals surface area contributed by atoms with E-state index in [0.29, 0.717) is 5.89 Å². The zero-order chi connectivity index (χ0) is 19.8. The number of aromatic nitrogens is 5. The average molecular weight is 384 g/mol. The molecular formula is C22H20N6O. The molecule has 144 valence electrons. The topological polar surface area (TPSA) is 104 Å². The summed E-state index contributed by atoms with van der Waals surface area (Å²) in [5.74, 6) is 1.53. The predicted octanol–water partition coefficient (Wildman–Crippen LogP) is 3.95. The summed E-state index contributed by atoms with van der Waals surface area (Å²) in [5.41, 5.74) is 10.2. The summed E-state index contributed by atoms with van der Waals surface area (Å²) < 4.78 is 5.59. The van der Waals surface area contributed by atoms with E-state index >= 15 is 0 Å². The highest BCUT2D eigenvalue weighted by atomic mass is 16.5. The zero-order valence-corrected chi connectivity index (χ0v) is 16.0. The van der Waals surface area contributed by atoms with Crippen molar-refractivity contribution in [2.24, 2.45) is 0 Å². The van der Waals surface area contributed by atoms with Crippen LogP contribution in [0.5, 0.6) is 0 Å². The van der Waals surface area contributed by atoms with E-state index < -0.39 is 0 Å². The second kappa shape index (κ2) is 6.77. The fourth-order valence-electron chi connectivity index (χ4n) is 3.72. The molecule has 3 aromatic heterocycles. The molecule has 0 amide bonds. The molecule has 4 aromatic rings. The Hall–Kier alpha value is -3.61. The molecule has 0 spiro atoms. The van der Waals surface area contributed by atoms with Crippen molar-refractivity contribution in [2.75, 3.05) is 5.73 Å². The molecule has 0 unspecified atom stereocenters. The Balaban J connectivity index is 1.46. The van der Waals surface area contributed by atoms with Gasteiger partial charge in [0.05, 0.1) is 11.1 Å². The van der Waals surface area contributed by atoms with E-state index in [1.54, 1.807) is 12.4 Å². The van der Waals surface area contributed by atoms with Crippen LogP contribution in [-0.2, 0) is 5.41 Å². The van der Waals surface area contributed by atoms with Crippen molar-refractivity contribution in [3.05, 3.63) is 71.9 Å². The quantitative estimate of drug-likeness (QED) is 0.568. The minimum absolute atomic E-state index is 0.240. The number of nitrogens with two attached hydrogens (primary N) is 1. The lowest BCUT2D eigenvalue weighted by Crippen LogP contribution is -2.36. The molecule has 0 atom stereocenters. The second-order valence-corrected chi connectivity index (χ2v) is 7.49. The average Bonchev–Trinajstić information content (AvgIpc) is 3.19. The number of rotatable bonds is 4. The van der Waals surface area contributed by atoms with E-state index in [2.05, 4.69) is 33.1 Å². The first-order valence-corrected chi connectivity index (χ1v) is 9.60. The minimum atomic E-state index is -0.240. The summed E-state index contributed by atoms with van der Waals surface area (Å²) >= 11 is 0. The fraction of sp³-hybridized carbons (Fsp3) is 0.227. The standard InChI is InChI=1S/C22H20N6O/c1-14-3-5-15(6-4-14)19-27-20(28-29-19)22(9-2-10-22)17-7-8-18(24-13-17)16-11-25-21(23)26-12-16/h3-8,11-13H,2,9-10H2,1H3,(H2,23,25,26). The van der Waals surface area contributed by atoms with E-state index in [4.69, 9.17) is 15.2 Å². The molecule has 7 nitrogen and oxygen atoms in total. The van der Waals surface area contributed by atoms with Crippen LogP contribution in [0.25, 0.3) is 22.7 Å². The van der Waals surface area contributed by atoms with Crippen molar-refractivity contribution in [3.8, 4) is 22.7 Å². The first-order valence-electron chi connectivity index (χ1n) is 9.60. The fourth-order valence-corrected chi connectivity index (χ4v) is 3.72. The number of nitrogens with zero attached hydrogens (tertiary/aromatic N) is 5. The molecule has 0 saturated heterocycles. The van der Waals surface area contributed by atoms with Gasteiger partial charge in [-0.25, -0.2) is 9.97 Å². The minimum Gasteiger partial charge on any atom is -0.368 e. The highest BCUT2D eigenvalue weighted by molar-refractivity contribution is 5.58. The number of benzene rings is 1.